The van der Waals surface area contributed by atoms with E-state index in [2.05, 4.69) is 11.4 Å². The lowest BCUT2D eigenvalue weighted by Crippen LogP contribution is -2.43. The van der Waals surface area contributed by atoms with Crippen LogP contribution in [0.15, 0.2) is 24.3 Å². The van der Waals surface area contributed by atoms with Gasteiger partial charge in [0.05, 0.1) is 16.9 Å². The summed E-state index contributed by atoms with van der Waals surface area (Å²) in [5, 5.41) is 11.8. The molecule has 0 radical (unpaired) electrons. The van der Waals surface area contributed by atoms with Gasteiger partial charge in [0.2, 0.25) is 5.91 Å². The van der Waals surface area contributed by atoms with Crippen molar-refractivity contribution in [1.29, 1.82) is 5.26 Å². The van der Waals surface area contributed by atoms with Crippen LogP contribution in [-0.2, 0) is 10.2 Å². The third-order valence-electron chi connectivity index (χ3n) is 3.19. The minimum absolute atomic E-state index is 0.0967. The number of nitrogens with one attached hydrogen (secondary N) is 1. The summed E-state index contributed by atoms with van der Waals surface area (Å²) in [6.07, 6.45) is 0. The van der Waals surface area contributed by atoms with Crippen LogP contribution in [0.25, 0.3) is 0 Å². The van der Waals surface area contributed by atoms with Gasteiger partial charge in [0.1, 0.15) is 0 Å². The fourth-order valence-corrected chi connectivity index (χ4v) is 1.59. The van der Waals surface area contributed by atoms with Crippen LogP contribution in [0.2, 0.25) is 0 Å². The highest BCUT2D eigenvalue weighted by molar-refractivity contribution is 5.87. The van der Waals surface area contributed by atoms with Gasteiger partial charge in [-0.05, 0) is 45.4 Å². The highest BCUT2D eigenvalue weighted by atomic mass is 16.2. The van der Waals surface area contributed by atoms with Crippen LogP contribution in [0.3, 0.4) is 0 Å². The normalized spacial score (nSPS) is 11.7. The Bertz CT molecular complexity index is 495. The molecule has 0 atom stereocenters. The molecule has 0 fully saturated rings. The van der Waals surface area contributed by atoms with Gasteiger partial charge >= 0.3 is 0 Å². The Hall–Kier alpha value is -2.02. The van der Waals surface area contributed by atoms with Crippen molar-refractivity contribution in [2.75, 3.05) is 12.3 Å². The minimum Gasteiger partial charge on any atom is -0.399 e. The van der Waals surface area contributed by atoms with Crippen LogP contribution in [0, 0.1) is 16.7 Å². The third kappa shape index (κ3) is 3.72. The van der Waals surface area contributed by atoms with Gasteiger partial charge in [-0.1, -0.05) is 12.1 Å². The number of carbonyl (C=O) groups is 1. The maximum atomic E-state index is 12.3. The number of hydrogen-bond donors (Lipinski definition) is 2. The van der Waals surface area contributed by atoms with E-state index in [0.717, 1.165) is 5.56 Å². The monoisotopic (exact) mass is 259 g/mol. The Balaban J connectivity index is 2.80. The van der Waals surface area contributed by atoms with E-state index in [0.29, 0.717) is 12.2 Å². The average Bonchev–Trinajstić information content (AvgIpc) is 2.36. The van der Waals surface area contributed by atoms with Crippen LogP contribution in [-0.4, -0.2) is 12.5 Å². The molecule has 0 aromatic heterocycles. The van der Waals surface area contributed by atoms with Crippen LogP contribution in [0.1, 0.15) is 33.3 Å². The molecule has 0 saturated heterocycles. The van der Waals surface area contributed by atoms with E-state index < -0.39 is 10.8 Å². The first-order valence-corrected chi connectivity index (χ1v) is 6.24. The lowest BCUT2D eigenvalue weighted by molar-refractivity contribution is -0.125. The molecule has 0 aliphatic carbocycles. The third-order valence-corrected chi connectivity index (χ3v) is 3.19. The Morgan fingerprint density at radius 3 is 2.26 bits per heavy atom. The summed E-state index contributed by atoms with van der Waals surface area (Å²) in [5.41, 5.74) is 6.00. The summed E-state index contributed by atoms with van der Waals surface area (Å²) in [4.78, 5) is 12.3. The Kier molecular flexibility index (Phi) is 4.21. The number of rotatable bonds is 4. The van der Waals surface area contributed by atoms with Gasteiger partial charge in [-0.3, -0.25) is 4.79 Å². The van der Waals surface area contributed by atoms with Crippen molar-refractivity contribution >= 4 is 11.6 Å². The summed E-state index contributed by atoms with van der Waals surface area (Å²) in [6.45, 7) is 7.63. The van der Waals surface area contributed by atoms with Crippen molar-refractivity contribution in [1.82, 2.24) is 5.32 Å². The molecular formula is C15H21N3O. The Labute approximate surface area is 114 Å². The average molecular weight is 259 g/mol. The predicted molar refractivity (Wildman–Crippen MR) is 76.3 cm³/mol. The first-order valence-electron chi connectivity index (χ1n) is 6.24. The lowest BCUT2D eigenvalue weighted by Gasteiger charge is -2.26. The van der Waals surface area contributed by atoms with E-state index in [9.17, 15) is 4.79 Å². The standard InChI is InChI=1S/C15H21N3O/c1-14(2,9-16)10-18-13(19)15(3,4)11-5-7-12(17)8-6-11/h5-8H,10,17H2,1-4H3,(H,18,19). The van der Waals surface area contributed by atoms with Crippen molar-refractivity contribution in [3.63, 3.8) is 0 Å². The molecule has 102 valence electrons. The van der Waals surface area contributed by atoms with Crippen molar-refractivity contribution in [3.8, 4) is 6.07 Å². The summed E-state index contributed by atoms with van der Waals surface area (Å²) >= 11 is 0. The van der Waals surface area contributed by atoms with E-state index >= 15 is 0 Å². The first kappa shape index (κ1) is 15.0. The predicted octanol–water partition coefficient (Wildman–Crippen LogP) is 2.21. The number of hydrogen-bond acceptors (Lipinski definition) is 3. The number of nitrogens with zero attached hydrogens (tertiary/aromatic N) is 1. The maximum Gasteiger partial charge on any atom is 0.230 e. The van der Waals surface area contributed by atoms with E-state index in [-0.39, 0.29) is 5.91 Å². The SMILES string of the molecule is CC(C)(C#N)CNC(=O)C(C)(C)c1ccc(N)cc1. The van der Waals surface area contributed by atoms with Crippen LogP contribution < -0.4 is 11.1 Å². The van der Waals surface area contributed by atoms with E-state index in [4.69, 9.17) is 11.0 Å². The molecule has 1 rings (SSSR count). The lowest BCUT2D eigenvalue weighted by atomic mass is 9.83. The molecule has 0 saturated carbocycles. The fourth-order valence-electron chi connectivity index (χ4n) is 1.59. The van der Waals surface area contributed by atoms with Crippen molar-refractivity contribution in [2.24, 2.45) is 5.41 Å². The number of benzene rings is 1. The van der Waals surface area contributed by atoms with Gasteiger partial charge in [0, 0.05) is 12.2 Å². The van der Waals surface area contributed by atoms with Crippen LogP contribution in [0.5, 0.6) is 0 Å². The highest BCUT2D eigenvalue weighted by Gasteiger charge is 2.30. The molecule has 1 aromatic carbocycles. The van der Waals surface area contributed by atoms with Crippen LogP contribution >= 0.6 is 0 Å². The second-order valence-corrected chi connectivity index (χ2v) is 5.93. The second kappa shape index (κ2) is 5.31. The molecule has 4 nitrogen and oxygen atoms in total. The van der Waals surface area contributed by atoms with Gasteiger partial charge < -0.3 is 11.1 Å². The molecule has 19 heavy (non-hydrogen) atoms. The molecule has 1 aromatic rings. The fraction of sp³-hybridized carbons (Fsp3) is 0.467. The number of carbonyl (C=O) groups excluding carboxylic acids is 1. The summed E-state index contributed by atoms with van der Waals surface area (Å²) < 4.78 is 0. The second-order valence-electron chi connectivity index (χ2n) is 5.93. The topological polar surface area (TPSA) is 78.9 Å². The molecule has 0 aliphatic rings. The Morgan fingerprint density at radius 1 is 1.26 bits per heavy atom. The summed E-state index contributed by atoms with van der Waals surface area (Å²) in [5.74, 6) is -0.0967. The number of nitriles is 1. The summed E-state index contributed by atoms with van der Waals surface area (Å²) in [7, 11) is 0. The molecule has 4 heteroatoms. The molecular weight excluding hydrogens is 238 g/mol. The van der Waals surface area contributed by atoms with Gasteiger partial charge in [-0.2, -0.15) is 5.26 Å². The van der Waals surface area contributed by atoms with Crippen molar-refractivity contribution in [3.05, 3.63) is 29.8 Å². The van der Waals surface area contributed by atoms with E-state index in [1.165, 1.54) is 0 Å². The van der Waals surface area contributed by atoms with Crippen LogP contribution in [0.4, 0.5) is 5.69 Å². The molecule has 0 bridgehead atoms. The largest absolute Gasteiger partial charge is 0.399 e. The van der Waals surface area contributed by atoms with Gasteiger partial charge in [-0.15, -0.1) is 0 Å². The van der Waals surface area contributed by atoms with Crippen molar-refractivity contribution < 1.29 is 4.79 Å². The molecule has 0 heterocycles. The smallest absolute Gasteiger partial charge is 0.230 e. The number of nitrogen functional groups attached to an aromatic ring is 1. The summed E-state index contributed by atoms with van der Waals surface area (Å²) in [6, 6.07) is 9.43. The zero-order chi connectivity index (χ0) is 14.7. The van der Waals surface area contributed by atoms with E-state index in [1.807, 2.05) is 26.0 Å². The zero-order valence-electron chi connectivity index (χ0n) is 11.9. The first-order chi connectivity index (χ1) is 8.69. The molecule has 0 spiro atoms. The molecule has 0 unspecified atom stereocenters. The van der Waals surface area contributed by atoms with E-state index in [1.54, 1.807) is 26.0 Å². The van der Waals surface area contributed by atoms with Gasteiger partial charge in [0.25, 0.3) is 0 Å². The van der Waals surface area contributed by atoms with Gasteiger partial charge in [0.15, 0.2) is 0 Å². The Morgan fingerprint density at radius 2 is 1.79 bits per heavy atom. The number of anilines is 1. The quantitative estimate of drug-likeness (QED) is 0.814. The highest BCUT2D eigenvalue weighted by Crippen LogP contribution is 2.24. The maximum absolute atomic E-state index is 12.3. The minimum atomic E-state index is -0.654. The molecule has 0 aliphatic heterocycles. The van der Waals surface area contributed by atoms with Crippen molar-refractivity contribution in [2.45, 2.75) is 33.1 Å². The number of amides is 1. The number of nitrogens with two attached hydrogens (primary N) is 1. The van der Waals surface area contributed by atoms with Gasteiger partial charge in [-0.25, -0.2) is 0 Å². The zero-order valence-corrected chi connectivity index (χ0v) is 11.9. The molecule has 3 N–H and O–H groups in total. The molecule has 1 amide bonds.